The van der Waals surface area contributed by atoms with Gasteiger partial charge in [0.1, 0.15) is 12.6 Å². The van der Waals surface area contributed by atoms with E-state index in [4.69, 9.17) is 5.21 Å². The first-order chi connectivity index (χ1) is 9.47. The van der Waals surface area contributed by atoms with E-state index in [0.717, 1.165) is 25.8 Å². The topological polar surface area (TPSA) is 69.2 Å². The van der Waals surface area contributed by atoms with Gasteiger partial charge in [-0.2, -0.15) is 0 Å². The van der Waals surface area contributed by atoms with Crippen molar-refractivity contribution in [2.24, 2.45) is 11.8 Å². The van der Waals surface area contributed by atoms with Gasteiger partial charge in [0.25, 0.3) is 0 Å². The summed E-state index contributed by atoms with van der Waals surface area (Å²) in [5.41, 5.74) is 0. The third-order valence-corrected chi connectivity index (χ3v) is 5.28. The van der Waals surface area contributed by atoms with Gasteiger partial charge in [-0.25, -0.2) is 10.4 Å². The minimum absolute atomic E-state index is 0.0122. The Morgan fingerprint density at radius 2 is 2.05 bits per heavy atom. The monoisotopic (exact) mass is 285 g/mol. The number of nitrogens with one attached hydrogen (secondary N) is 2. The molecular weight excluding hydrogens is 256 g/mol. The van der Waals surface area contributed by atoms with Crippen molar-refractivity contribution in [3.63, 3.8) is 0 Å². The van der Waals surface area contributed by atoms with Crippen molar-refractivity contribution in [3.05, 3.63) is 5.21 Å². The van der Waals surface area contributed by atoms with Crippen LogP contribution in [0.3, 0.4) is 0 Å². The SMILES string of the molecule is CC1CCC(C)[NH+](CC(=O)C2CCCC([NH+]([O-])O)C2)C1. The minimum atomic E-state index is -0.727. The maximum atomic E-state index is 12.5. The summed E-state index contributed by atoms with van der Waals surface area (Å²) in [4.78, 5) is 13.9. The van der Waals surface area contributed by atoms with E-state index in [2.05, 4.69) is 13.8 Å². The zero-order valence-electron chi connectivity index (χ0n) is 12.7. The number of hydroxylamine groups is 2. The second-order valence-corrected chi connectivity index (χ2v) is 6.99. The smallest absolute Gasteiger partial charge is 0.190 e. The van der Waals surface area contributed by atoms with Crippen molar-refractivity contribution in [3.8, 4) is 0 Å². The van der Waals surface area contributed by atoms with E-state index in [-0.39, 0.29) is 12.0 Å². The Labute approximate surface area is 121 Å². The van der Waals surface area contributed by atoms with Crippen molar-refractivity contribution in [2.75, 3.05) is 13.1 Å². The number of rotatable bonds is 4. The molecule has 0 spiro atoms. The fourth-order valence-corrected chi connectivity index (χ4v) is 3.81. The van der Waals surface area contributed by atoms with Gasteiger partial charge in [-0.1, -0.05) is 6.92 Å². The molecule has 1 aliphatic heterocycles. The van der Waals surface area contributed by atoms with Crippen LogP contribution in [0.25, 0.3) is 0 Å². The van der Waals surface area contributed by atoms with Gasteiger partial charge in [0.15, 0.2) is 5.78 Å². The first-order valence-corrected chi connectivity index (χ1v) is 8.07. The predicted octanol–water partition coefficient (Wildman–Crippen LogP) is -0.410. The quantitative estimate of drug-likeness (QED) is 0.615. The van der Waals surface area contributed by atoms with Crippen molar-refractivity contribution in [1.82, 2.24) is 0 Å². The average Bonchev–Trinajstić information content (AvgIpc) is 2.43. The zero-order chi connectivity index (χ0) is 14.7. The van der Waals surface area contributed by atoms with Crippen LogP contribution in [-0.4, -0.2) is 36.2 Å². The average molecular weight is 285 g/mol. The van der Waals surface area contributed by atoms with Crippen molar-refractivity contribution in [2.45, 2.75) is 64.5 Å². The summed E-state index contributed by atoms with van der Waals surface area (Å²) in [6.45, 7) is 6.18. The molecule has 0 bridgehead atoms. The number of quaternary nitrogens is 2. The number of piperidine rings is 1. The molecular formula is C15H29N2O3+. The molecule has 6 unspecified atom stereocenters. The maximum Gasteiger partial charge on any atom is 0.190 e. The summed E-state index contributed by atoms with van der Waals surface area (Å²) in [5, 5.41) is 19.5. The second-order valence-electron chi connectivity index (χ2n) is 6.99. The summed E-state index contributed by atoms with van der Waals surface area (Å²) in [7, 11) is 0. The van der Waals surface area contributed by atoms with Gasteiger partial charge in [0.05, 0.1) is 12.6 Å². The van der Waals surface area contributed by atoms with Crippen LogP contribution in [0.1, 0.15) is 52.4 Å². The molecule has 0 aromatic heterocycles. The van der Waals surface area contributed by atoms with Gasteiger partial charge in [0, 0.05) is 24.7 Å². The molecule has 2 fully saturated rings. The molecule has 0 aromatic rings. The Hall–Kier alpha value is -0.490. The van der Waals surface area contributed by atoms with Gasteiger partial charge < -0.3 is 10.1 Å². The van der Waals surface area contributed by atoms with Crippen LogP contribution in [0.15, 0.2) is 0 Å². The van der Waals surface area contributed by atoms with Gasteiger partial charge in [-0.05, 0) is 32.6 Å². The summed E-state index contributed by atoms with van der Waals surface area (Å²) in [6.07, 6.45) is 5.54. The maximum absolute atomic E-state index is 12.5. The summed E-state index contributed by atoms with van der Waals surface area (Å²) in [5.74, 6) is 0.987. The Kier molecular flexibility index (Phi) is 5.55. The molecule has 5 heteroatoms. The molecule has 1 saturated heterocycles. The predicted molar refractivity (Wildman–Crippen MR) is 75.4 cm³/mol. The van der Waals surface area contributed by atoms with Crippen LogP contribution >= 0.6 is 0 Å². The first-order valence-electron chi connectivity index (χ1n) is 8.07. The van der Waals surface area contributed by atoms with E-state index in [9.17, 15) is 10.0 Å². The minimum Gasteiger partial charge on any atom is -0.600 e. The van der Waals surface area contributed by atoms with Crippen molar-refractivity contribution < 1.29 is 20.1 Å². The fraction of sp³-hybridized carbons (Fsp3) is 0.933. The molecule has 2 aliphatic rings. The molecule has 6 atom stereocenters. The lowest BCUT2D eigenvalue weighted by Gasteiger charge is -2.35. The molecule has 0 amide bonds. The van der Waals surface area contributed by atoms with Crippen molar-refractivity contribution >= 4 is 5.78 Å². The third kappa shape index (κ3) is 4.01. The highest BCUT2D eigenvalue weighted by atomic mass is 16.8. The van der Waals surface area contributed by atoms with E-state index in [1.165, 1.54) is 17.7 Å². The molecule has 2 rings (SSSR count). The molecule has 3 N–H and O–H groups in total. The lowest BCUT2D eigenvalue weighted by Crippen LogP contribution is -3.17. The van der Waals surface area contributed by atoms with Crippen LogP contribution in [0.5, 0.6) is 0 Å². The van der Waals surface area contributed by atoms with Crippen molar-refractivity contribution in [1.29, 1.82) is 0 Å². The van der Waals surface area contributed by atoms with Gasteiger partial charge >= 0.3 is 0 Å². The Bertz CT molecular complexity index is 335. The third-order valence-electron chi connectivity index (χ3n) is 5.28. The molecule has 1 saturated carbocycles. The van der Waals surface area contributed by atoms with Crippen LogP contribution in [0.4, 0.5) is 0 Å². The van der Waals surface area contributed by atoms with E-state index in [1.807, 2.05) is 0 Å². The number of Topliss-reactive ketones (excluding diaryl/α,β-unsaturated/α-hetero) is 1. The molecule has 20 heavy (non-hydrogen) atoms. The Morgan fingerprint density at radius 3 is 2.75 bits per heavy atom. The number of carbonyl (C=O) groups is 1. The molecule has 1 heterocycles. The van der Waals surface area contributed by atoms with Crippen LogP contribution in [0, 0.1) is 17.0 Å². The highest BCUT2D eigenvalue weighted by molar-refractivity contribution is 5.82. The Balaban J connectivity index is 1.87. The second kappa shape index (κ2) is 6.98. The fourth-order valence-electron chi connectivity index (χ4n) is 3.81. The largest absolute Gasteiger partial charge is 0.600 e. The number of ketones is 1. The van der Waals surface area contributed by atoms with Crippen LogP contribution in [0.2, 0.25) is 0 Å². The lowest BCUT2D eigenvalue weighted by molar-refractivity contribution is -1.07. The summed E-state index contributed by atoms with van der Waals surface area (Å²) < 4.78 is 0. The standard InChI is InChI=1S/C15H28N2O3/c1-11-6-7-12(2)16(9-11)10-15(18)13-4-3-5-14(8-13)17(19)20/h11-14,17,19H,3-10H2,1-2H3/p+1. The first kappa shape index (κ1) is 15.9. The van der Waals surface area contributed by atoms with Crippen LogP contribution < -0.4 is 10.1 Å². The highest BCUT2D eigenvalue weighted by Crippen LogP contribution is 2.23. The van der Waals surface area contributed by atoms with E-state index in [0.29, 0.717) is 30.7 Å². The highest BCUT2D eigenvalue weighted by Gasteiger charge is 2.34. The number of carbonyl (C=O) groups excluding carboxylic acids is 1. The molecule has 116 valence electrons. The molecule has 5 nitrogen and oxygen atoms in total. The van der Waals surface area contributed by atoms with Gasteiger partial charge in [-0.15, -0.1) is 0 Å². The van der Waals surface area contributed by atoms with Gasteiger partial charge in [-0.3, -0.25) is 4.79 Å². The number of hydrogen-bond acceptors (Lipinski definition) is 3. The van der Waals surface area contributed by atoms with Gasteiger partial charge in [0.2, 0.25) is 0 Å². The van der Waals surface area contributed by atoms with E-state index < -0.39 is 5.23 Å². The molecule has 0 aromatic carbocycles. The number of likely N-dealkylation sites (tertiary alicyclic amines) is 1. The molecule has 1 aliphatic carbocycles. The number of hydrogen-bond donors (Lipinski definition) is 3. The summed E-state index contributed by atoms with van der Waals surface area (Å²) >= 11 is 0. The normalized spacial score (nSPS) is 40.3. The summed E-state index contributed by atoms with van der Waals surface area (Å²) in [6, 6.07) is 0.263. The van der Waals surface area contributed by atoms with E-state index >= 15 is 0 Å². The lowest BCUT2D eigenvalue weighted by atomic mass is 9.82. The molecule has 0 radical (unpaired) electrons. The van der Waals surface area contributed by atoms with E-state index in [1.54, 1.807) is 0 Å². The van der Waals surface area contributed by atoms with Crippen LogP contribution in [-0.2, 0) is 4.79 Å². The zero-order valence-corrected chi connectivity index (χ0v) is 12.7. The Morgan fingerprint density at radius 1 is 1.30 bits per heavy atom.